The van der Waals surface area contributed by atoms with Gasteiger partial charge in [-0.2, -0.15) is 14.9 Å². The van der Waals surface area contributed by atoms with E-state index in [4.69, 9.17) is 16.7 Å². The molecule has 0 aliphatic heterocycles. The van der Waals surface area contributed by atoms with Gasteiger partial charge >= 0.3 is 5.97 Å². The van der Waals surface area contributed by atoms with Crippen LogP contribution < -0.4 is 10.9 Å². The SMILES string of the molecule is CC(NC(=O)c1cc(-c2ccc(Cl)cc2)nn(-c2cnn(C)c2)c1=O)C(=O)O. The first-order valence-corrected chi connectivity index (χ1v) is 8.57. The van der Waals surface area contributed by atoms with Crippen molar-refractivity contribution in [1.82, 2.24) is 24.9 Å². The van der Waals surface area contributed by atoms with Crippen molar-refractivity contribution in [2.75, 3.05) is 0 Å². The number of amides is 1. The molecule has 1 unspecified atom stereocenters. The Balaban J connectivity index is 2.16. The summed E-state index contributed by atoms with van der Waals surface area (Å²) in [6.07, 6.45) is 3.00. The molecule has 0 fully saturated rings. The van der Waals surface area contributed by atoms with Crippen LogP contribution in [0.5, 0.6) is 0 Å². The third-order valence-electron chi connectivity index (χ3n) is 3.95. The molecule has 0 spiro atoms. The maximum atomic E-state index is 12.8. The van der Waals surface area contributed by atoms with Gasteiger partial charge in [-0.05, 0) is 25.1 Å². The Hall–Kier alpha value is -3.46. The Morgan fingerprint density at radius 3 is 2.50 bits per heavy atom. The summed E-state index contributed by atoms with van der Waals surface area (Å²) in [5.41, 5.74) is 0.400. The lowest BCUT2D eigenvalue weighted by Crippen LogP contribution is -2.41. The Bertz CT molecular complexity index is 1100. The van der Waals surface area contributed by atoms with Gasteiger partial charge in [-0.3, -0.25) is 19.1 Å². The summed E-state index contributed by atoms with van der Waals surface area (Å²) in [5, 5.41) is 20.2. The highest BCUT2D eigenvalue weighted by Gasteiger charge is 2.21. The predicted octanol–water partition coefficient (Wildman–Crippen LogP) is 1.49. The van der Waals surface area contributed by atoms with Gasteiger partial charge in [-0.15, -0.1) is 0 Å². The molecule has 28 heavy (non-hydrogen) atoms. The smallest absolute Gasteiger partial charge is 0.325 e. The van der Waals surface area contributed by atoms with E-state index in [0.717, 1.165) is 4.68 Å². The van der Waals surface area contributed by atoms with E-state index in [1.54, 1.807) is 37.5 Å². The van der Waals surface area contributed by atoms with Crippen LogP contribution in [0.2, 0.25) is 5.02 Å². The molecule has 2 N–H and O–H groups in total. The molecule has 0 aliphatic carbocycles. The molecule has 10 heteroatoms. The molecule has 144 valence electrons. The molecular weight excluding hydrogens is 386 g/mol. The second kappa shape index (κ2) is 7.65. The Kier molecular flexibility index (Phi) is 5.27. The van der Waals surface area contributed by atoms with Gasteiger partial charge in [-0.1, -0.05) is 23.7 Å². The monoisotopic (exact) mass is 401 g/mol. The first kappa shape index (κ1) is 19.3. The highest BCUT2D eigenvalue weighted by molar-refractivity contribution is 6.30. The van der Waals surface area contributed by atoms with Crippen LogP contribution in [0.15, 0.2) is 47.5 Å². The van der Waals surface area contributed by atoms with Gasteiger partial charge in [0.15, 0.2) is 0 Å². The average molecular weight is 402 g/mol. The summed E-state index contributed by atoms with van der Waals surface area (Å²) in [6.45, 7) is 1.31. The topological polar surface area (TPSA) is 119 Å². The number of aryl methyl sites for hydroxylation is 1. The number of nitrogens with zero attached hydrogens (tertiary/aromatic N) is 4. The summed E-state index contributed by atoms with van der Waals surface area (Å²) in [7, 11) is 1.68. The van der Waals surface area contributed by atoms with Gasteiger partial charge in [0.1, 0.15) is 17.3 Å². The number of rotatable bonds is 5. The fourth-order valence-corrected chi connectivity index (χ4v) is 2.57. The first-order valence-electron chi connectivity index (χ1n) is 8.19. The standard InChI is InChI=1S/C18H16ClN5O4/c1-10(18(27)28)21-16(25)14-7-15(11-3-5-12(19)6-4-11)22-24(17(14)26)13-8-20-23(2)9-13/h3-10H,1-2H3,(H,21,25)(H,27,28). The summed E-state index contributed by atoms with van der Waals surface area (Å²) in [6, 6.07) is 6.87. The number of hydrogen-bond acceptors (Lipinski definition) is 5. The van der Waals surface area contributed by atoms with Crippen molar-refractivity contribution in [3.05, 3.63) is 63.7 Å². The van der Waals surface area contributed by atoms with Gasteiger partial charge in [0, 0.05) is 17.6 Å². The normalized spacial score (nSPS) is 11.8. The van der Waals surface area contributed by atoms with Crippen LogP contribution in [0.25, 0.3) is 16.9 Å². The van der Waals surface area contributed by atoms with E-state index in [1.165, 1.54) is 23.9 Å². The molecule has 2 aromatic heterocycles. The van der Waals surface area contributed by atoms with Gasteiger partial charge in [-0.25, -0.2) is 0 Å². The van der Waals surface area contributed by atoms with Crippen molar-refractivity contribution in [2.45, 2.75) is 13.0 Å². The number of nitrogens with one attached hydrogen (secondary N) is 1. The van der Waals surface area contributed by atoms with E-state index in [9.17, 15) is 14.4 Å². The molecule has 0 aliphatic rings. The van der Waals surface area contributed by atoms with Gasteiger partial charge in [0.05, 0.1) is 18.1 Å². The molecule has 0 bridgehead atoms. The van der Waals surface area contributed by atoms with E-state index in [1.807, 2.05) is 0 Å². The number of carboxylic acid groups (broad SMARTS) is 1. The van der Waals surface area contributed by atoms with Crippen LogP contribution in [0.4, 0.5) is 0 Å². The molecule has 0 saturated heterocycles. The molecule has 2 heterocycles. The minimum atomic E-state index is -1.21. The van der Waals surface area contributed by atoms with E-state index in [0.29, 0.717) is 22.0 Å². The minimum Gasteiger partial charge on any atom is -0.480 e. The Labute approximate surface area is 164 Å². The summed E-state index contributed by atoms with van der Waals surface area (Å²) < 4.78 is 2.54. The molecule has 1 aromatic carbocycles. The van der Waals surface area contributed by atoms with Crippen molar-refractivity contribution >= 4 is 23.5 Å². The lowest BCUT2D eigenvalue weighted by Gasteiger charge is -2.12. The van der Waals surface area contributed by atoms with Crippen molar-refractivity contribution in [2.24, 2.45) is 7.05 Å². The zero-order valence-corrected chi connectivity index (χ0v) is 15.7. The van der Waals surface area contributed by atoms with E-state index in [2.05, 4.69) is 15.5 Å². The predicted molar refractivity (Wildman–Crippen MR) is 102 cm³/mol. The molecule has 1 atom stereocenters. The average Bonchev–Trinajstić information content (AvgIpc) is 3.08. The second-order valence-corrected chi connectivity index (χ2v) is 6.51. The van der Waals surface area contributed by atoms with Gasteiger partial charge in [0.2, 0.25) is 0 Å². The zero-order chi connectivity index (χ0) is 20.4. The lowest BCUT2D eigenvalue weighted by atomic mass is 10.1. The summed E-state index contributed by atoms with van der Waals surface area (Å²) in [4.78, 5) is 36.4. The van der Waals surface area contributed by atoms with Crippen molar-refractivity contribution in [3.63, 3.8) is 0 Å². The van der Waals surface area contributed by atoms with Gasteiger partial charge < -0.3 is 10.4 Å². The van der Waals surface area contributed by atoms with E-state index < -0.39 is 23.5 Å². The highest BCUT2D eigenvalue weighted by atomic mass is 35.5. The maximum Gasteiger partial charge on any atom is 0.325 e. The largest absolute Gasteiger partial charge is 0.480 e. The second-order valence-electron chi connectivity index (χ2n) is 6.07. The van der Waals surface area contributed by atoms with Crippen LogP contribution in [-0.4, -0.2) is 42.6 Å². The number of hydrogen-bond donors (Lipinski definition) is 2. The number of aliphatic carboxylic acids is 1. The number of benzene rings is 1. The summed E-state index contributed by atoms with van der Waals surface area (Å²) >= 11 is 5.92. The Morgan fingerprint density at radius 2 is 1.93 bits per heavy atom. The van der Waals surface area contributed by atoms with Crippen LogP contribution in [0.3, 0.4) is 0 Å². The van der Waals surface area contributed by atoms with Crippen LogP contribution in [0.1, 0.15) is 17.3 Å². The highest BCUT2D eigenvalue weighted by Crippen LogP contribution is 2.20. The first-order chi connectivity index (χ1) is 13.3. The van der Waals surface area contributed by atoms with Crippen LogP contribution in [0, 0.1) is 0 Å². The van der Waals surface area contributed by atoms with Crippen LogP contribution >= 0.6 is 11.6 Å². The molecule has 9 nitrogen and oxygen atoms in total. The third-order valence-corrected chi connectivity index (χ3v) is 4.20. The quantitative estimate of drug-likeness (QED) is 0.668. The zero-order valence-electron chi connectivity index (χ0n) is 15.0. The van der Waals surface area contributed by atoms with E-state index >= 15 is 0 Å². The fraction of sp³-hybridized carbons (Fsp3) is 0.167. The molecular formula is C18H16ClN5O4. The number of aromatic nitrogens is 4. The number of carboxylic acids is 1. The maximum absolute atomic E-state index is 12.8. The third kappa shape index (κ3) is 3.94. The van der Waals surface area contributed by atoms with Crippen molar-refractivity contribution in [3.8, 4) is 16.9 Å². The number of halogens is 1. The van der Waals surface area contributed by atoms with Crippen LogP contribution in [-0.2, 0) is 11.8 Å². The minimum absolute atomic E-state index is 0.239. The van der Waals surface area contributed by atoms with Crippen molar-refractivity contribution < 1.29 is 14.7 Å². The van der Waals surface area contributed by atoms with Gasteiger partial charge in [0.25, 0.3) is 11.5 Å². The van der Waals surface area contributed by atoms with Crippen molar-refractivity contribution in [1.29, 1.82) is 0 Å². The molecule has 3 rings (SSSR count). The van der Waals surface area contributed by atoms with E-state index in [-0.39, 0.29) is 5.56 Å². The number of carbonyl (C=O) groups excluding carboxylic acids is 1. The molecule has 3 aromatic rings. The lowest BCUT2D eigenvalue weighted by molar-refractivity contribution is -0.138. The molecule has 1 amide bonds. The molecule has 0 radical (unpaired) electrons. The molecule has 0 saturated carbocycles. The summed E-state index contributed by atoms with van der Waals surface area (Å²) in [5.74, 6) is -2.02. The fourth-order valence-electron chi connectivity index (χ4n) is 2.45. The Morgan fingerprint density at radius 1 is 1.25 bits per heavy atom. The number of carbonyl (C=O) groups is 2.